The van der Waals surface area contributed by atoms with E-state index < -0.39 is 5.82 Å². The molecule has 1 aromatic rings. The molecule has 0 saturated carbocycles. The van der Waals surface area contributed by atoms with Crippen LogP contribution >= 0.6 is 50.1 Å². The Hall–Kier alpha value is 0.450. The normalized spacial score (nSPS) is 10.2. The lowest BCUT2D eigenvalue weighted by Crippen LogP contribution is -1.95. The first-order chi connectivity index (χ1) is 5.04. The predicted molar refractivity (Wildman–Crippen MR) is 56.2 cm³/mol. The van der Waals surface area contributed by atoms with Gasteiger partial charge in [-0.05, 0) is 44.6 Å². The smallest absolute Gasteiger partial charge is 0.162 e. The van der Waals surface area contributed by atoms with E-state index in [1.807, 2.05) is 22.6 Å². The van der Waals surface area contributed by atoms with Gasteiger partial charge in [-0.3, -0.25) is 0 Å². The van der Waals surface area contributed by atoms with Gasteiger partial charge in [-0.15, -0.1) is 0 Å². The van der Waals surface area contributed by atoms with Crippen molar-refractivity contribution in [2.45, 2.75) is 0 Å². The molecule has 0 radical (unpaired) electrons. The van der Waals surface area contributed by atoms with Crippen LogP contribution in [-0.4, -0.2) is 0 Å². The number of benzene rings is 1. The van der Waals surface area contributed by atoms with E-state index >= 15 is 0 Å². The highest BCUT2D eigenvalue weighted by atomic mass is 127. The van der Waals surface area contributed by atoms with Gasteiger partial charge in [0.1, 0.15) is 0 Å². The molecule has 0 spiro atoms. The van der Waals surface area contributed by atoms with Gasteiger partial charge < -0.3 is 5.73 Å². The summed E-state index contributed by atoms with van der Waals surface area (Å²) in [4.78, 5) is 0. The van der Waals surface area contributed by atoms with Crippen LogP contribution in [0.2, 0.25) is 5.02 Å². The fraction of sp³-hybridized carbons (Fsp3) is 0. The highest BCUT2D eigenvalue weighted by Gasteiger charge is 2.10. The lowest BCUT2D eigenvalue weighted by atomic mass is 10.3. The van der Waals surface area contributed by atoms with Crippen LogP contribution in [0.3, 0.4) is 0 Å². The van der Waals surface area contributed by atoms with Gasteiger partial charge in [0.25, 0.3) is 0 Å². The minimum absolute atomic E-state index is 0.127. The Labute approximate surface area is 90.4 Å². The first kappa shape index (κ1) is 9.54. The molecule has 0 bridgehead atoms. The highest BCUT2D eigenvalue weighted by Crippen LogP contribution is 2.32. The third kappa shape index (κ3) is 1.78. The SMILES string of the molecule is Nc1c(I)cc(Cl)c(Br)c1F. The minimum Gasteiger partial charge on any atom is -0.395 e. The number of hydrogen-bond acceptors (Lipinski definition) is 1. The van der Waals surface area contributed by atoms with Crippen LogP contribution in [-0.2, 0) is 0 Å². The standard InChI is InChI=1S/C6H3BrClFIN/c7-4-2(8)1-3(10)6(11)5(4)9/h1H,11H2. The Morgan fingerprint density at radius 3 is 2.73 bits per heavy atom. The molecule has 0 saturated heterocycles. The Bertz CT molecular complexity index is 279. The van der Waals surface area contributed by atoms with Gasteiger partial charge in [0, 0.05) is 3.57 Å². The van der Waals surface area contributed by atoms with E-state index in [4.69, 9.17) is 17.3 Å². The van der Waals surface area contributed by atoms with Crippen molar-refractivity contribution in [3.05, 3.63) is 24.9 Å². The van der Waals surface area contributed by atoms with Crippen LogP contribution in [0.15, 0.2) is 10.5 Å². The quantitative estimate of drug-likeness (QED) is 0.330. The van der Waals surface area contributed by atoms with Crippen LogP contribution in [0.5, 0.6) is 0 Å². The van der Waals surface area contributed by atoms with Crippen LogP contribution in [0.1, 0.15) is 0 Å². The number of rotatable bonds is 0. The van der Waals surface area contributed by atoms with Crippen LogP contribution in [0.25, 0.3) is 0 Å². The van der Waals surface area contributed by atoms with Crippen LogP contribution in [0, 0.1) is 9.39 Å². The average molecular weight is 350 g/mol. The van der Waals surface area contributed by atoms with Crippen molar-refractivity contribution in [3.8, 4) is 0 Å². The predicted octanol–water partition coefficient (Wildman–Crippen LogP) is 3.43. The lowest BCUT2D eigenvalue weighted by molar-refractivity contribution is 0.625. The summed E-state index contributed by atoms with van der Waals surface area (Å²) in [5.74, 6) is -0.498. The molecule has 1 rings (SSSR count). The van der Waals surface area contributed by atoms with Gasteiger partial charge in [0.05, 0.1) is 15.2 Å². The maximum Gasteiger partial charge on any atom is 0.162 e. The zero-order valence-corrected chi connectivity index (χ0v) is 9.67. The molecular formula is C6H3BrClFIN. The molecular weight excluding hydrogens is 347 g/mol. The molecule has 0 aliphatic carbocycles. The van der Waals surface area contributed by atoms with Crippen molar-refractivity contribution in [3.63, 3.8) is 0 Å². The molecule has 0 unspecified atom stereocenters. The molecule has 5 heteroatoms. The zero-order valence-electron chi connectivity index (χ0n) is 5.17. The fourth-order valence-electron chi connectivity index (χ4n) is 0.580. The molecule has 0 atom stereocenters. The first-order valence-corrected chi connectivity index (χ1v) is 4.87. The summed E-state index contributed by atoms with van der Waals surface area (Å²) in [6.45, 7) is 0. The summed E-state index contributed by atoms with van der Waals surface area (Å²) in [6, 6.07) is 1.60. The molecule has 0 heterocycles. The van der Waals surface area contributed by atoms with Gasteiger partial charge in [0.15, 0.2) is 5.82 Å². The topological polar surface area (TPSA) is 26.0 Å². The number of hydrogen-bond donors (Lipinski definition) is 1. The van der Waals surface area contributed by atoms with Gasteiger partial charge in [-0.25, -0.2) is 4.39 Å². The van der Waals surface area contributed by atoms with Crippen molar-refractivity contribution in [1.29, 1.82) is 0 Å². The second kappa shape index (κ2) is 3.45. The number of anilines is 1. The molecule has 0 aliphatic heterocycles. The van der Waals surface area contributed by atoms with Gasteiger partial charge in [-0.1, -0.05) is 11.6 Å². The van der Waals surface area contributed by atoms with Crippen LogP contribution < -0.4 is 5.73 Å². The molecule has 60 valence electrons. The van der Waals surface area contributed by atoms with Crippen molar-refractivity contribution in [2.24, 2.45) is 0 Å². The Morgan fingerprint density at radius 1 is 1.64 bits per heavy atom. The van der Waals surface area contributed by atoms with Crippen LogP contribution in [0.4, 0.5) is 10.1 Å². The summed E-state index contributed by atoms with van der Waals surface area (Å²) in [5, 5.41) is 0.334. The van der Waals surface area contributed by atoms with Gasteiger partial charge >= 0.3 is 0 Å². The van der Waals surface area contributed by atoms with E-state index in [1.165, 1.54) is 0 Å². The summed E-state index contributed by atoms with van der Waals surface area (Å²) < 4.78 is 13.8. The largest absolute Gasteiger partial charge is 0.395 e. The van der Waals surface area contributed by atoms with E-state index in [-0.39, 0.29) is 10.2 Å². The molecule has 2 N–H and O–H groups in total. The second-order valence-electron chi connectivity index (χ2n) is 1.88. The molecule has 11 heavy (non-hydrogen) atoms. The molecule has 0 fully saturated rings. The molecule has 0 amide bonds. The van der Waals surface area contributed by atoms with Gasteiger partial charge in [-0.2, -0.15) is 0 Å². The van der Waals surface area contributed by atoms with E-state index in [9.17, 15) is 4.39 Å². The maximum atomic E-state index is 13.0. The van der Waals surface area contributed by atoms with E-state index in [2.05, 4.69) is 15.9 Å². The molecule has 0 aliphatic rings. The lowest BCUT2D eigenvalue weighted by Gasteiger charge is -2.03. The summed E-state index contributed by atoms with van der Waals surface area (Å²) >= 11 is 10.5. The Kier molecular flexibility index (Phi) is 2.99. The third-order valence-electron chi connectivity index (χ3n) is 1.15. The minimum atomic E-state index is -0.498. The number of halogens is 4. The maximum absolute atomic E-state index is 13.0. The van der Waals surface area contributed by atoms with E-state index in [1.54, 1.807) is 6.07 Å². The van der Waals surface area contributed by atoms with Crippen molar-refractivity contribution in [1.82, 2.24) is 0 Å². The number of nitrogens with two attached hydrogens (primary N) is 1. The third-order valence-corrected chi connectivity index (χ3v) is 3.34. The number of nitrogen functional groups attached to an aromatic ring is 1. The summed E-state index contributed by atoms with van der Waals surface area (Å²) in [5.41, 5.74) is 5.51. The highest BCUT2D eigenvalue weighted by molar-refractivity contribution is 14.1. The van der Waals surface area contributed by atoms with Crippen molar-refractivity contribution in [2.75, 3.05) is 5.73 Å². The second-order valence-corrected chi connectivity index (χ2v) is 4.24. The van der Waals surface area contributed by atoms with Gasteiger partial charge in [0.2, 0.25) is 0 Å². The summed E-state index contributed by atoms with van der Waals surface area (Å²) in [6.07, 6.45) is 0. The monoisotopic (exact) mass is 349 g/mol. The van der Waals surface area contributed by atoms with E-state index in [0.717, 1.165) is 0 Å². The van der Waals surface area contributed by atoms with E-state index in [0.29, 0.717) is 8.59 Å². The molecule has 0 aromatic heterocycles. The van der Waals surface area contributed by atoms with Crippen molar-refractivity contribution < 1.29 is 4.39 Å². The zero-order chi connectivity index (χ0) is 8.59. The first-order valence-electron chi connectivity index (χ1n) is 2.62. The average Bonchev–Trinajstić information content (AvgIpc) is 1.97. The summed E-state index contributed by atoms with van der Waals surface area (Å²) in [7, 11) is 0. The fourth-order valence-corrected chi connectivity index (χ4v) is 1.83. The van der Waals surface area contributed by atoms with Crippen molar-refractivity contribution >= 4 is 55.8 Å². The molecule has 1 aromatic carbocycles. The Morgan fingerprint density at radius 2 is 2.18 bits per heavy atom. The molecule has 1 nitrogen and oxygen atoms in total. The Balaban J connectivity index is 3.46.